The number of benzene rings is 1. The number of methoxy groups -OCH3 is 2. The maximum absolute atomic E-state index is 12.1. The van der Waals surface area contributed by atoms with Crippen LogP contribution in [0.5, 0.6) is 11.5 Å². The number of rotatable bonds is 9. The van der Waals surface area contributed by atoms with Gasteiger partial charge in [0.2, 0.25) is 0 Å². The molecule has 0 radical (unpaired) electrons. The first-order chi connectivity index (χ1) is 13.0. The molecule has 1 aromatic carbocycles. The first-order valence-electron chi connectivity index (χ1n) is 8.57. The molecule has 0 unspecified atom stereocenters. The fraction of sp³-hybridized carbons (Fsp3) is 0.500. The Bertz CT molecular complexity index is 649. The second kappa shape index (κ2) is 10.4. The van der Waals surface area contributed by atoms with Gasteiger partial charge in [0.15, 0.2) is 6.61 Å². The molecule has 2 rings (SSSR count). The molecule has 0 saturated carbocycles. The normalized spacial score (nSPS) is 15.7. The molecule has 0 spiro atoms. The van der Waals surface area contributed by atoms with Crippen LogP contribution in [-0.4, -0.2) is 64.4 Å². The lowest BCUT2D eigenvalue weighted by Gasteiger charge is -2.11. The van der Waals surface area contributed by atoms with E-state index in [0.717, 1.165) is 12.8 Å². The van der Waals surface area contributed by atoms with Crippen LogP contribution in [0.1, 0.15) is 23.2 Å². The van der Waals surface area contributed by atoms with E-state index in [4.69, 9.17) is 18.9 Å². The second-order valence-corrected chi connectivity index (χ2v) is 5.88. The van der Waals surface area contributed by atoms with E-state index in [1.54, 1.807) is 6.07 Å². The average molecular weight is 380 g/mol. The zero-order valence-electron chi connectivity index (χ0n) is 15.4. The maximum atomic E-state index is 12.1. The first-order valence-corrected chi connectivity index (χ1v) is 8.57. The molecule has 1 atom stereocenters. The van der Waals surface area contributed by atoms with E-state index in [2.05, 4.69) is 10.6 Å². The van der Waals surface area contributed by atoms with Crippen molar-refractivity contribution in [2.24, 2.45) is 0 Å². The molecule has 0 bridgehead atoms. The molecule has 2 N–H and O–H groups in total. The van der Waals surface area contributed by atoms with Gasteiger partial charge in [0.05, 0.1) is 20.3 Å². The van der Waals surface area contributed by atoms with E-state index >= 15 is 0 Å². The second-order valence-electron chi connectivity index (χ2n) is 5.88. The van der Waals surface area contributed by atoms with Gasteiger partial charge >= 0.3 is 5.97 Å². The van der Waals surface area contributed by atoms with E-state index in [9.17, 15) is 14.4 Å². The molecular formula is C18H24N2O7. The van der Waals surface area contributed by atoms with Crippen molar-refractivity contribution in [3.63, 3.8) is 0 Å². The molecule has 148 valence electrons. The molecule has 2 amide bonds. The lowest BCUT2D eigenvalue weighted by molar-refractivity contribution is -0.147. The summed E-state index contributed by atoms with van der Waals surface area (Å²) in [5.74, 6) is -0.727. The van der Waals surface area contributed by atoms with Gasteiger partial charge < -0.3 is 29.6 Å². The highest BCUT2D eigenvalue weighted by Crippen LogP contribution is 2.22. The van der Waals surface area contributed by atoms with Gasteiger partial charge in [-0.15, -0.1) is 0 Å². The smallest absolute Gasteiger partial charge is 0.325 e. The summed E-state index contributed by atoms with van der Waals surface area (Å²) < 4.78 is 20.4. The number of hydrogen-bond donors (Lipinski definition) is 2. The van der Waals surface area contributed by atoms with Crippen LogP contribution in [-0.2, 0) is 19.1 Å². The summed E-state index contributed by atoms with van der Waals surface area (Å²) in [6, 6.07) is 4.66. The molecule has 9 heteroatoms. The highest BCUT2D eigenvalue weighted by atomic mass is 16.5. The Hall–Kier alpha value is -2.81. The van der Waals surface area contributed by atoms with Crippen molar-refractivity contribution in [2.45, 2.75) is 18.9 Å². The third kappa shape index (κ3) is 6.78. The number of hydrogen-bond acceptors (Lipinski definition) is 7. The minimum Gasteiger partial charge on any atom is -0.497 e. The van der Waals surface area contributed by atoms with Crippen LogP contribution in [0.3, 0.4) is 0 Å². The van der Waals surface area contributed by atoms with Crippen molar-refractivity contribution in [2.75, 3.05) is 40.5 Å². The Morgan fingerprint density at radius 2 is 1.81 bits per heavy atom. The SMILES string of the molecule is COc1cc(OC)cc(C(=O)NCC(=O)OCC(=O)NC[C@@H]2CCCO2)c1. The van der Waals surface area contributed by atoms with Gasteiger partial charge in [-0.05, 0) is 25.0 Å². The lowest BCUT2D eigenvalue weighted by atomic mass is 10.2. The van der Waals surface area contributed by atoms with E-state index in [-0.39, 0.29) is 18.2 Å². The Balaban J connectivity index is 1.71. The summed E-state index contributed by atoms with van der Waals surface area (Å²) in [6.45, 7) is 0.324. The molecule has 1 fully saturated rings. The molecule has 0 aliphatic carbocycles. The van der Waals surface area contributed by atoms with Crippen molar-refractivity contribution < 1.29 is 33.3 Å². The highest BCUT2D eigenvalue weighted by Gasteiger charge is 2.17. The Labute approximate surface area is 157 Å². The maximum Gasteiger partial charge on any atom is 0.325 e. The van der Waals surface area contributed by atoms with Gasteiger partial charge in [-0.3, -0.25) is 14.4 Å². The van der Waals surface area contributed by atoms with Gasteiger partial charge in [-0.25, -0.2) is 0 Å². The highest BCUT2D eigenvalue weighted by molar-refractivity contribution is 5.96. The van der Waals surface area contributed by atoms with Gasteiger partial charge in [-0.1, -0.05) is 0 Å². The summed E-state index contributed by atoms with van der Waals surface area (Å²) in [5, 5.41) is 5.07. The predicted molar refractivity (Wildman–Crippen MR) is 94.8 cm³/mol. The van der Waals surface area contributed by atoms with Crippen LogP contribution >= 0.6 is 0 Å². The monoisotopic (exact) mass is 380 g/mol. The van der Waals surface area contributed by atoms with E-state index in [1.807, 2.05) is 0 Å². The molecule has 27 heavy (non-hydrogen) atoms. The molecule has 1 aliphatic rings. The van der Waals surface area contributed by atoms with Crippen LogP contribution < -0.4 is 20.1 Å². The van der Waals surface area contributed by atoms with Gasteiger partial charge in [0, 0.05) is 24.8 Å². The summed E-state index contributed by atoms with van der Waals surface area (Å²) in [5.41, 5.74) is 0.272. The third-order valence-electron chi connectivity index (χ3n) is 3.92. The van der Waals surface area contributed by atoms with Crippen molar-refractivity contribution in [3.8, 4) is 11.5 Å². The Kier molecular flexibility index (Phi) is 7.87. The number of carbonyl (C=O) groups is 3. The summed E-state index contributed by atoms with van der Waals surface area (Å²) in [6.07, 6.45) is 1.90. The van der Waals surface area contributed by atoms with Crippen molar-refractivity contribution >= 4 is 17.8 Å². The Morgan fingerprint density at radius 1 is 1.11 bits per heavy atom. The molecule has 0 aromatic heterocycles. The van der Waals surface area contributed by atoms with Crippen LogP contribution in [0.25, 0.3) is 0 Å². The topological polar surface area (TPSA) is 112 Å². The quantitative estimate of drug-likeness (QED) is 0.592. The zero-order chi connectivity index (χ0) is 19.6. The van der Waals surface area contributed by atoms with E-state index < -0.39 is 24.4 Å². The molecule has 1 heterocycles. The summed E-state index contributed by atoms with van der Waals surface area (Å²) in [4.78, 5) is 35.5. The van der Waals surface area contributed by atoms with Crippen molar-refractivity contribution in [1.82, 2.24) is 10.6 Å². The van der Waals surface area contributed by atoms with Crippen LogP contribution in [0.15, 0.2) is 18.2 Å². The minimum atomic E-state index is -0.717. The lowest BCUT2D eigenvalue weighted by Crippen LogP contribution is -2.36. The molecule has 1 aliphatic heterocycles. The first kappa shape index (κ1) is 20.5. The van der Waals surface area contributed by atoms with Gasteiger partial charge in [0.25, 0.3) is 11.8 Å². The Morgan fingerprint density at radius 3 is 2.41 bits per heavy atom. The molecule has 9 nitrogen and oxygen atoms in total. The summed E-state index contributed by atoms with van der Waals surface area (Å²) >= 11 is 0. The molecule has 1 saturated heterocycles. The molecule has 1 aromatic rings. The number of carbonyl (C=O) groups excluding carboxylic acids is 3. The van der Waals surface area contributed by atoms with Crippen molar-refractivity contribution in [1.29, 1.82) is 0 Å². The van der Waals surface area contributed by atoms with Gasteiger partial charge in [0.1, 0.15) is 18.0 Å². The number of ether oxygens (including phenoxy) is 4. The molecular weight excluding hydrogens is 356 g/mol. The third-order valence-corrected chi connectivity index (χ3v) is 3.92. The zero-order valence-corrected chi connectivity index (χ0v) is 15.4. The number of amides is 2. The van der Waals surface area contributed by atoms with E-state index in [1.165, 1.54) is 26.4 Å². The average Bonchev–Trinajstić information content (AvgIpc) is 3.21. The summed E-state index contributed by atoms with van der Waals surface area (Å²) in [7, 11) is 2.94. The van der Waals surface area contributed by atoms with Crippen molar-refractivity contribution in [3.05, 3.63) is 23.8 Å². The van der Waals surface area contributed by atoms with Crippen LogP contribution in [0.2, 0.25) is 0 Å². The minimum absolute atomic E-state index is 0.0174. The fourth-order valence-electron chi connectivity index (χ4n) is 2.47. The standard InChI is InChI=1S/C18H24N2O7/c1-24-14-6-12(7-15(8-14)25-2)18(23)20-10-17(22)27-11-16(21)19-9-13-4-3-5-26-13/h6-8,13H,3-5,9-11H2,1-2H3,(H,19,21)(H,20,23)/t13-/m0/s1. The van der Waals surface area contributed by atoms with Gasteiger partial charge in [-0.2, -0.15) is 0 Å². The van der Waals surface area contributed by atoms with Crippen LogP contribution in [0, 0.1) is 0 Å². The van der Waals surface area contributed by atoms with E-state index in [0.29, 0.717) is 24.7 Å². The fourth-order valence-corrected chi connectivity index (χ4v) is 2.47. The largest absolute Gasteiger partial charge is 0.497 e. The number of esters is 1. The predicted octanol–water partition coefficient (Wildman–Crippen LogP) is 0.272. The number of nitrogens with one attached hydrogen (secondary N) is 2. The van der Waals surface area contributed by atoms with Crippen LogP contribution in [0.4, 0.5) is 0 Å².